The van der Waals surface area contributed by atoms with Gasteiger partial charge >= 0.3 is 0 Å². The molecule has 0 fully saturated rings. The van der Waals surface area contributed by atoms with Crippen LogP contribution < -0.4 is 0 Å². The zero-order chi connectivity index (χ0) is 17.1. The lowest BCUT2D eigenvalue weighted by Crippen LogP contribution is -1.85. The maximum Gasteiger partial charge on any atom is -0.0105 e. The molecule has 0 nitrogen and oxygen atoms in total. The minimum atomic E-state index is 1.15. The molecule has 0 bridgehead atoms. The molecule has 0 aliphatic rings. The third-order valence-corrected chi connectivity index (χ3v) is 4.79. The standard InChI is InChI=1S/C25H22/c1-2-7-19-14-16-20(17-15-19)22-10-5-11-23(18-22)25-13-6-9-21-8-3-4-12-24(21)25/h3-6,8-18H,2,7H2,1H3. The van der Waals surface area contributed by atoms with Gasteiger partial charge in [-0.15, -0.1) is 0 Å². The Kier molecular flexibility index (Phi) is 4.35. The number of aryl methyl sites for hydroxylation is 1. The molecule has 0 aliphatic heterocycles. The molecule has 0 N–H and O–H groups in total. The summed E-state index contributed by atoms with van der Waals surface area (Å²) in [6, 6.07) is 33.0. The molecule has 0 saturated carbocycles. The molecule has 4 aromatic rings. The van der Waals surface area contributed by atoms with Crippen molar-refractivity contribution in [3.05, 3.63) is 96.6 Å². The van der Waals surface area contributed by atoms with E-state index in [1.807, 2.05) is 0 Å². The fourth-order valence-corrected chi connectivity index (χ4v) is 3.50. The fourth-order valence-electron chi connectivity index (χ4n) is 3.50. The van der Waals surface area contributed by atoms with Crippen molar-refractivity contribution in [2.24, 2.45) is 0 Å². The summed E-state index contributed by atoms with van der Waals surface area (Å²) in [5, 5.41) is 2.59. The van der Waals surface area contributed by atoms with Crippen LogP contribution >= 0.6 is 0 Å². The molecule has 0 heterocycles. The molecule has 122 valence electrons. The average Bonchev–Trinajstić information content (AvgIpc) is 2.68. The highest BCUT2D eigenvalue weighted by molar-refractivity contribution is 5.97. The lowest BCUT2D eigenvalue weighted by atomic mass is 9.95. The summed E-state index contributed by atoms with van der Waals surface area (Å²) in [5.74, 6) is 0. The second kappa shape index (κ2) is 6.94. The second-order valence-electron chi connectivity index (χ2n) is 6.55. The molecule has 4 aromatic carbocycles. The number of benzene rings is 4. The lowest BCUT2D eigenvalue weighted by Gasteiger charge is -2.10. The van der Waals surface area contributed by atoms with Gasteiger partial charge in [0.1, 0.15) is 0 Å². The Balaban J connectivity index is 1.76. The summed E-state index contributed by atoms with van der Waals surface area (Å²) in [5.41, 5.74) is 6.53. The first-order valence-electron chi connectivity index (χ1n) is 9.02. The van der Waals surface area contributed by atoms with Crippen LogP contribution in [0, 0.1) is 0 Å². The van der Waals surface area contributed by atoms with Gasteiger partial charge in [0.25, 0.3) is 0 Å². The van der Waals surface area contributed by atoms with E-state index in [-0.39, 0.29) is 0 Å². The lowest BCUT2D eigenvalue weighted by molar-refractivity contribution is 0.922. The zero-order valence-corrected chi connectivity index (χ0v) is 14.6. The molecule has 0 saturated heterocycles. The third kappa shape index (κ3) is 3.21. The van der Waals surface area contributed by atoms with Gasteiger partial charge in [-0.25, -0.2) is 0 Å². The van der Waals surface area contributed by atoms with Gasteiger partial charge in [0.05, 0.1) is 0 Å². The molecular formula is C25H22. The van der Waals surface area contributed by atoms with Gasteiger partial charge in [-0.2, -0.15) is 0 Å². The number of rotatable bonds is 4. The number of hydrogen-bond acceptors (Lipinski definition) is 0. The van der Waals surface area contributed by atoms with Gasteiger partial charge in [0.15, 0.2) is 0 Å². The van der Waals surface area contributed by atoms with E-state index in [9.17, 15) is 0 Å². The molecular weight excluding hydrogens is 300 g/mol. The maximum absolute atomic E-state index is 2.30. The normalized spacial score (nSPS) is 10.9. The Bertz CT molecular complexity index is 988. The van der Waals surface area contributed by atoms with Crippen LogP contribution in [-0.2, 0) is 6.42 Å². The SMILES string of the molecule is CCCc1ccc(-c2cccc(-c3cccc4ccccc34)c2)cc1. The zero-order valence-electron chi connectivity index (χ0n) is 14.6. The van der Waals surface area contributed by atoms with Crippen molar-refractivity contribution in [3.8, 4) is 22.3 Å². The maximum atomic E-state index is 2.30. The minimum absolute atomic E-state index is 1.15. The molecule has 4 rings (SSSR count). The predicted molar refractivity (Wildman–Crippen MR) is 109 cm³/mol. The Morgan fingerprint density at radius 2 is 1.32 bits per heavy atom. The van der Waals surface area contributed by atoms with E-state index in [0.717, 1.165) is 6.42 Å². The molecule has 25 heavy (non-hydrogen) atoms. The smallest absolute Gasteiger partial charge is 0.0105 e. The van der Waals surface area contributed by atoms with Crippen molar-refractivity contribution >= 4 is 10.8 Å². The second-order valence-corrected chi connectivity index (χ2v) is 6.55. The largest absolute Gasteiger partial charge is 0.0651 e. The number of fused-ring (bicyclic) bond motifs is 1. The van der Waals surface area contributed by atoms with Crippen LogP contribution in [0.5, 0.6) is 0 Å². The summed E-state index contributed by atoms with van der Waals surface area (Å²) in [6.45, 7) is 2.22. The summed E-state index contributed by atoms with van der Waals surface area (Å²) in [4.78, 5) is 0. The van der Waals surface area contributed by atoms with E-state index in [1.165, 1.54) is 45.0 Å². The molecule has 0 amide bonds. The van der Waals surface area contributed by atoms with Crippen LogP contribution in [0.15, 0.2) is 91.0 Å². The monoisotopic (exact) mass is 322 g/mol. The average molecular weight is 322 g/mol. The Morgan fingerprint density at radius 1 is 0.600 bits per heavy atom. The van der Waals surface area contributed by atoms with E-state index in [0.29, 0.717) is 0 Å². The van der Waals surface area contributed by atoms with E-state index in [2.05, 4.69) is 97.9 Å². The first-order valence-corrected chi connectivity index (χ1v) is 9.02. The summed E-state index contributed by atoms with van der Waals surface area (Å²) in [7, 11) is 0. The molecule has 0 atom stereocenters. The van der Waals surface area contributed by atoms with Gasteiger partial charge in [0.2, 0.25) is 0 Å². The van der Waals surface area contributed by atoms with E-state index in [1.54, 1.807) is 0 Å². The van der Waals surface area contributed by atoms with Crippen LogP contribution in [0.1, 0.15) is 18.9 Å². The van der Waals surface area contributed by atoms with Crippen LogP contribution in [0.3, 0.4) is 0 Å². The highest BCUT2D eigenvalue weighted by Gasteiger charge is 2.05. The Labute approximate surface area is 149 Å². The van der Waals surface area contributed by atoms with Gasteiger partial charge in [-0.05, 0) is 51.1 Å². The first-order chi connectivity index (χ1) is 12.3. The first kappa shape index (κ1) is 15.7. The predicted octanol–water partition coefficient (Wildman–Crippen LogP) is 7.13. The van der Waals surface area contributed by atoms with Crippen molar-refractivity contribution in [3.63, 3.8) is 0 Å². The van der Waals surface area contributed by atoms with Gasteiger partial charge in [-0.3, -0.25) is 0 Å². The Hall–Kier alpha value is -2.86. The minimum Gasteiger partial charge on any atom is -0.0651 e. The van der Waals surface area contributed by atoms with Crippen LogP contribution in [0.2, 0.25) is 0 Å². The molecule has 0 spiro atoms. The number of hydrogen-bond donors (Lipinski definition) is 0. The van der Waals surface area contributed by atoms with Crippen molar-refractivity contribution in [2.75, 3.05) is 0 Å². The van der Waals surface area contributed by atoms with Crippen molar-refractivity contribution in [2.45, 2.75) is 19.8 Å². The fraction of sp³-hybridized carbons (Fsp3) is 0.120. The van der Waals surface area contributed by atoms with E-state index in [4.69, 9.17) is 0 Å². The molecule has 0 aromatic heterocycles. The van der Waals surface area contributed by atoms with Crippen molar-refractivity contribution in [1.82, 2.24) is 0 Å². The van der Waals surface area contributed by atoms with Crippen molar-refractivity contribution in [1.29, 1.82) is 0 Å². The summed E-state index contributed by atoms with van der Waals surface area (Å²) < 4.78 is 0. The highest BCUT2D eigenvalue weighted by atomic mass is 14.1. The molecule has 0 heteroatoms. The highest BCUT2D eigenvalue weighted by Crippen LogP contribution is 2.31. The van der Waals surface area contributed by atoms with Crippen LogP contribution in [0.4, 0.5) is 0 Å². The van der Waals surface area contributed by atoms with Gasteiger partial charge in [0, 0.05) is 0 Å². The van der Waals surface area contributed by atoms with E-state index >= 15 is 0 Å². The van der Waals surface area contributed by atoms with E-state index < -0.39 is 0 Å². The third-order valence-electron chi connectivity index (χ3n) is 4.79. The molecule has 0 aliphatic carbocycles. The molecule has 0 radical (unpaired) electrons. The summed E-state index contributed by atoms with van der Waals surface area (Å²) >= 11 is 0. The quantitative estimate of drug-likeness (QED) is 0.375. The van der Waals surface area contributed by atoms with Crippen molar-refractivity contribution < 1.29 is 0 Å². The van der Waals surface area contributed by atoms with Gasteiger partial charge in [-0.1, -0.05) is 98.3 Å². The van der Waals surface area contributed by atoms with Crippen LogP contribution in [-0.4, -0.2) is 0 Å². The van der Waals surface area contributed by atoms with Crippen LogP contribution in [0.25, 0.3) is 33.0 Å². The topological polar surface area (TPSA) is 0 Å². The molecule has 0 unspecified atom stereocenters. The van der Waals surface area contributed by atoms with Gasteiger partial charge < -0.3 is 0 Å². The summed E-state index contributed by atoms with van der Waals surface area (Å²) in [6.07, 6.45) is 2.34. The Morgan fingerprint density at radius 3 is 2.16 bits per heavy atom.